The van der Waals surface area contributed by atoms with Crippen molar-refractivity contribution < 1.29 is 14.3 Å². The van der Waals surface area contributed by atoms with E-state index in [4.69, 9.17) is 4.74 Å². The molecule has 0 aliphatic carbocycles. The quantitative estimate of drug-likeness (QED) is 0.402. The van der Waals surface area contributed by atoms with E-state index in [9.17, 15) is 9.59 Å². The number of unbranched alkanes of at least 4 members (excludes halogenated alkanes) is 2. The summed E-state index contributed by atoms with van der Waals surface area (Å²) in [4.78, 5) is 21.0. The Hall–Kier alpha value is -1.58. The van der Waals surface area contributed by atoms with Gasteiger partial charge in [0.05, 0.1) is 6.61 Å². The van der Waals surface area contributed by atoms with Crippen molar-refractivity contribution in [1.82, 2.24) is 5.32 Å². The Labute approximate surface area is 129 Å². The van der Waals surface area contributed by atoms with Gasteiger partial charge in [0.15, 0.2) is 0 Å². The molecule has 0 saturated carbocycles. The molecule has 0 fully saturated rings. The molecule has 0 atom stereocenters. The molecule has 0 rings (SSSR count). The van der Waals surface area contributed by atoms with Crippen molar-refractivity contribution in [1.29, 1.82) is 0 Å². The van der Waals surface area contributed by atoms with Crippen LogP contribution in [0.1, 0.15) is 53.4 Å². The van der Waals surface area contributed by atoms with Crippen molar-refractivity contribution in [2.45, 2.75) is 59.4 Å². The number of rotatable bonds is 9. The number of ether oxygens (including phenoxy) is 1. The smallest absolute Gasteiger partial charge is 0.330 e. The van der Waals surface area contributed by atoms with Crippen LogP contribution in [0, 0.1) is 5.92 Å². The van der Waals surface area contributed by atoms with E-state index in [-0.39, 0.29) is 17.9 Å². The number of carbonyl (C=O) groups excluding carboxylic acids is 2. The highest BCUT2D eigenvalue weighted by molar-refractivity contribution is 5.86. The van der Waals surface area contributed by atoms with Crippen molar-refractivity contribution in [2.24, 2.45) is 5.92 Å². The van der Waals surface area contributed by atoms with Crippen LogP contribution in [-0.2, 0) is 14.3 Å². The molecule has 1 amide bonds. The average molecular weight is 297 g/mol. The number of nitrogens with one attached hydrogen (secondary N) is 1. The van der Waals surface area contributed by atoms with Crippen LogP contribution in [0.15, 0.2) is 25.3 Å². The first kappa shape index (κ1) is 21.7. The van der Waals surface area contributed by atoms with Crippen LogP contribution in [0.25, 0.3) is 0 Å². The molecule has 0 aliphatic rings. The summed E-state index contributed by atoms with van der Waals surface area (Å²) in [7, 11) is 0. The molecule has 4 heteroatoms. The maximum atomic E-state index is 10.6. The van der Waals surface area contributed by atoms with Crippen LogP contribution in [0.5, 0.6) is 0 Å². The third-order valence-electron chi connectivity index (χ3n) is 2.45. The minimum Gasteiger partial charge on any atom is -0.463 e. The summed E-state index contributed by atoms with van der Waals surface area (Å²) in [5.41, 5.74) is 0. The topological polar surface area (TPSA) is 55.4 Å². The monoisotopic (exact) mass is 297 g/mol. The second-order valence-electron chi connectivity index (χ2n) is 5.48. The molecule has 0 radical (unpaired) electrons. The molecule has 0 unspecified atom stereocenters. The van der Waals surface area contributed by atoms with E-state index < -0.39 is 0 Å². The van der Waals surface area contributed by atoms with Gasteiger partial charge in [-0.1, -0.05) is 46.3 Å². The first-order valence-corrected chi connectivity index (χ1v) is 7.55. The second kappa shape index (κ2) is 14.8. The van der Waals surface area contributed by atoms with Gasteiger partial charge in [0.2, 0.25) is 5.91 Å². The molecule has 122 valence electrons. The van der Waals surface area contributed by atoms with Crippen molar-refractivity contribution >= 4 is 11.9 Å². The summed E-state index contributed by atoms with van der Waals surface area (Å²) < 4.78 is 4.84. The molecular formula is C17H31NO3. The zero-order chi connectivity index (χ0) is 16.7. The Morgan fingerprint density at radius 1 is 1.05 bits per heavy atom. The summed E-state index contributed by atoms with van der Waals surface area (Å²) >= 11 is 0. The van der Waals surface area contributed by atoms with Crippen molar-refractivity contribution in [3.63, 3.8) is 0 Å². The molecule has 0 bridgehead atoms. The lowest BCUT2D eigenvalue weighted by atomic mass is 10.1. The molecule has 0 heterocycles. The first-order chi connectivity index (χ1) is 9.83. The summed E-state index contributed by atoms with van der Waals surface area (Å²) in [5, 5.41) is 2.64. The summed E-state index contributed by atoms with van der Waals surface area (Å²) in [6, 6.07) is 0.209. The molecule has 0 aromatic carbocycles. The van der Waals surface area contributed by atoms with E-state index in [0.717, 1.165) is 18.8 Å². The van der Waals surface area contributed by atoms with Crippen LogP contribution < -0.4 is 5.32 Å². The Morgan fingerprint density at radius 3 is 2.05 bits per heavy atom. The maximum absolute atomic E-state index is 10.6. The fraction of sp³-hybridized carbons (Fsp3) is 0.647. The third kappa shape index (κ3) is 20.9. The van der Waals surface area contributed by atoms with Gasteiger partial charge in [-0.3, -0.25) is 4.79 Å². The largest absolute Gasteiger partial charge is 0.463 e. The van der Waals surface area contributed by atoms with Gasteiger partial charge in [-0.25, -0.2) is 4.79 Å². The molecule has 0 aliphatic heterocycles. The lowest BCUT2D eigenvalue weighted by molar-refractivity contribution is -0.137. The van der Waals surface area contributed by atoms with E-state index in [1.165, 1.54) is 25.0 Å². The molecule has 21 heavy (non-hydrogen) atoms. The van der Waals surface area contributed by atoms with E-state index in [2.05, 4.69) is 32.3 Å². The van der Waals surface area contributed by atoms with Gasteiger partial charge in [-0.05, 0) is 32.3 Å². The summed E-state index contributed by atoms with van der Waals surface area (Å²) in [6.45, 7) is 15.4. The Balaban J connectivity index is 0. The highest BCUT2D eigenvalue weighted by Gasteiger charge is 1.96. The molecule has 0 spiro atoms. The van der Waals surface area contributed by atoms with Gasteiger partial charge >= 0.3 is 5.97 Å². The lowest BCUT2D eigenvalue weighted by Gasteiger charge is -2.04. The van der Waals surface area contributed by atoms with Gasteiger partial charge in [-0.2, -0.15) is 0 Å². The zero-order valence-corrected chi connectivity index (χ0v) is 14.0. The predicted molar refractivity (Wildman–Crippen MR) is 87.9 cm³/mol. The fourth-order valence-corrected chi connectivity index (χ4v) is 1.41. The van der Waals surface area contributed by atoms with E-state index >= 15 is 0 Å². The van der Waals surface area contributed by atoms with Crippen molar-refractivity contribution in [3.05, 3.63) is 25.3 Å². The van der Waals surface area contributed by atoms with E-state index in [1.807, 2.05) is 13.8 Å². The minimum atomic E-state index is -0.316. The number of amides is 1. The maximum Gasteiger partial charge on any atom is 0.330 e. The van der Waals surface area contributed by atoms with Crippen LogP contribution >= 0.6 is 0 Å². The Bertz CT molecular complexity index is 309. The highest BCUT2D eigenvalue weighted by Crippen LogP contribution is 2.07. The van der Waals surface area contributed by atoms with Crippen LogP contribution in [0.4, 0.5) is 0 Å². The Morgan fingerprint density at radius 2 is 1.67 bits per heavy atom. The molecule has 4 nitrogen and oxygen atoms in total. The summed E-state index contributed by atoms with van der Waals surface area (Å²) in [5.74, 6) is 0.347. The van der Waals surface area contributed by atoms with Crippen LogP contribution in [-0.4, -0.2) is 24.5 Å². The Kier molecular flexibility index (Phi) is 15.3. The molecule has 0 aromatic heterocycles. The van der Waals surface area contributed by atoms with Crippen LogP contribution in [0.3, 0.4) is 0 Å². The van der Waals surface area contributed by atoms with Gasteiger partial charge in [0, 0.05) is 12.1 Å². The SMILES string of the molecule is C=CC(=O)NC(C)C.C=CC(=O)OCCCCCC(C)C. The van der Waals surface area contributed by atoms with Gasteiger partial charge < -0.3 is 10.1 Å². The van der Waals surface area contributed by atoms with Crippen molar-refractivity contribution in [3.8, 4) is 0 Å². The second-order valence-corrected chi connectivity index (χ2v) is 5.48. The number of esters is 1. The number of hydrogen-bond acceptors (Lipinski definition) is 3. The molecule has 1 N–H and O–H groups in total. The third-order valence-corrected chi connectivity index (χ3v) is 2.45. The first-order valence-electron chi connectivity index (χ1n) is 7.55. The lowest BCUT2D eigenvalue weighted by Crippen LogP contribution is -2.27. The van der Waals surface area contributed by atoms with E-state index in [1.54, 1.807) is 0 Å². The van der Waals surface area contributed by atoms with E-state index in [0.29, 0.717) is 6.61 Å². The van der Waals surface area contributed by atoms with Gasteiger partial charge in [0.25, 0.3) is 0 Å². The highest BCUT2D eigenvalue weighted by atomic mass is 16.5. The molecule has 0 saturated heterocycles. The normalized spacial score (nSPS) is 9.62. The predicted octanol–water partition coefficient (Wildman–Crippen LogP) is 3.63. The number of hydrogen-bond donors (Lipinski definition) is 1. The number of carbonyl (C=O) groups is 2. The molecular weight excluding hydrogens is 266 g/mol. The van der Waals surface area contributed by atoms with Crippen molar-refractivity contribution in [2.75, 3.05) is 6.61 Å². The van der Waals surface area contributed by atoms with Gasteiger partial charge in [0.1, 0.15) is 0 Å². The fourth-order valence-electron chi connectivity index (χ4n) is 1.41. The summed E-state index contributed by atoms with van der Waals surface area (Å²) in [6.07, 6.45) is 7.06. The van der Waals surface area contributed by atoms with Gasteiger partial charge in [-0.15, -0.1) is 0 Å². The minimum absolute atomic E-state index is 0.111. The van der Waals surface area contributed by atoms with Crippen LogP contribution in [0.2, 0.25) is 0 Å². The standard InChI is InChI=1S/C11H20O2.C6H11NO/c1-4-11(12)13-9-7-5-6-8-10(2)3;1-4-6(8)7-5(2)3/h4,10H,1,5-9H2,2-3H3;4-5H,1H2,2-3H3,(H,7,8). The average Bonchev–Trinajstić information content (AvgIpc) is 2.41. The zero-order valence-electron chi connectivity index (χ0n) is 14.0. The molecule has 0 aromatic rings.